The van der Waals surface area contributed by atoms with Crippen LogP contribution in [0.3, 0.4) is 0 Å². The number of carbonyl (C=O) groups excluding carboxylic acids is 1. The predicted molar refractivity (Wildman–Crippen MR) is 123 cm³/mol. The van der Waals surface area contributed by atoms with Crippen LogP contribution in [0.25, 0.3) is 11.8 Å². The lowest BCUT2D eigenvalue weighted by atomic mass is 10.0. The standard InChI is InChI=1S/C25H24BrN3O/c1-15-11-19(17(3)28(15)23-9-10-23)13-20(14-27)25(30)24-12-16(2)29(18(24)4)22-7-5-21(26)6-8-22/h5-8,11-13,23H,9-10H2,1-4H3. The summed E-state index contributed by atoms with van der Waals surface area (Å²) in [6.07, 6.45) is 4.15. The summed E-state index contributed by atoms with van der Waals surface area (Å²) >= 11 is 3.46. The number of benzene rings is 1. The number of ketones is 1. The van der Waals surface area contributed by atoms with Gasteiger partial charge in [0.2, 0.25) is 5.78 Å². The molecule has 2 aromatic heterocycles. The SMILES string of the molecule is Cc1cc(C(=O)C(C#N)=Cc2cc(C)n(C3CC3)c2C)c(C)n1-c1ccc(Br)cc1. The van der Waals surface area contributed by atoms with Crippen LogP contribution in [0.15, 0.2) is 46.4 Å². The number of halogens is 1. The normalized spacial score (nSPS) is 14.1. The molecule has 1 aliphatic carbocycles. The lowest BCUT2D eigenvalue weighted by Crippen LogP contribution is -2.05. The lowest BCUT2D eigenvalue weighted by Gasteiger charge is -2.10. The van der Waals surface area contributed by atoms with Crippen LogP contribution in [0.1, 0.15) is 57.6 Å². The van der Waals surface area contributed by atoms with E-state index in [0.717, 1.165) is 32.8 Å². The number of aromatic nitrogens is 2. The van der Waals surface area contributed by atoms with Crippen molar-refractivity contribution in [1.29, 1.82) is 5.26 Å². The third-order valence-electron chi connectivity index (χ3n) is 5.86. The van der Waals surface area contributed by atoms with Gasteiger partial charge in [0.25, 0.3) is 0 Å². The highest BCUT2D eigenvalue weighted by Crippen LogP contribution is 2.38. The number of aryl methyl sites for hydroxylation is 2. The van der Waals surface area contributed by atoms with Crippen molar-refractivity contribution in [2.75, 3.05) is 0 Å². The molecule has 1 aromatic carbocycles. The second kappa shape index (κ2) is 7.77. The summed E-state index contributed by atoms with van der Waals surface area (Å²) in [6.45, 7) is 8.06. The molecule has 1 aliphatic rings. The van der Waals surface area contributed by atoms with E-state index in [4.69, 9.17) is 0 Å². The molecule has 3 aromatic rings. The largest absolute Gasteiger partial charge is 0.346 e. The van der Waals surface area contributed by atoms with Crippen molar-refractivity contribution in [3.05, 3.63) is 80.3 Å². The van der Waals surface area contributed by atoms with Gasteiger partial charge in [0.15, 0.2) is 0 Å². The first-order valence-electron chi connectivity index (χ1n) is 10.1. The minimum Gasteiger partial charge on any atom is -0.346 e. The molecule has 0 amide bonds. The number of rotatable bonds is 5. The molecule has 0 radical (unpaired) electrons. The third kappa shape index (κ3) is 3.57. The average molecular weight is 462 g/mol. The second-order valence-electron chi connectivity index (χ2n) is 8.02. The summed E-state index contributed by atoms with van der Waals surface area (Å²) in [4.78, 5) is 13.3. The topological polar surface area (TPSA) is 50.7 Å². The van der Waals surface area contributed by atoms with Gasteiger partial charge < -0.3 is 9.13 Å². The van der Waals surface area contributed by atoms with Crippen molar-refractivity contribution in [3.8, 4) is 11.8 Å². The van der Waals surface area contributed by atoms with Crippen LogP contribution in [0, 0.1) is 39.0 Å². The van der Waals surface area contributed by atoms with Crippen molar-refractivity contribution in [2.24, 2.45) is 0 Å². The van der Waals surface area contributed by atoms with Gasteiger partial charge in [0, 0.05) is 44.5 Å². The molecule has 2 heterocycles. The Hall–Kier alpha value is -2.84. The highest BCUT2D eigenvalue weighted by molar-refractivity contribution is 9.10. The summed E-state index contributed by atoms with van der Waals surface area (Å²) in [5.41, 5.74) is 6.78. The van der Waals surface area contributed by atoms with Gasteiger partial charge in [0.1, 0.15) is 11.6 Å². The van der Waals surface area contributed by atoms with Gasteiger partial charge in [-0.15, -0.1) is 0 Å². The maximum absolute atomic E-state index is 13.3. The van der Waals surface area contributed by atoms with Crippen molar-refractivity contribution in [2.45, 2.75) is 46.6 Å². The van der Waals surface area contributed by atoms with E-state index in [0.29, 0.717) is 11.6 Å². The highest BCUT2D eigenvalue weighted by Gasteiger charge is 2.27. The zero-order chi connectivity index (χ0) is 21.6. The van der Waals surface area contributed by atoms with E-state index in [-0.39, 0.29) is 11.4 Å². The fourth-order valence-electron chi connectivity index (χ4n) is 4.27. The number of Topliss-reactive ketones (excluding diaryl/α,β-unsaturated/α-hetero) is 1. The zero-order valence-corrected chi connectivity index (χ0v) is 19.2. The Morgan fingerprint density at radius 2 is 1.73 bits per heavy atom. The molecular formula is C25H24BrN3O. The molecular weight excluding hydrogens is 438 g/mol. The van der Waals surface area contributed by atoms with Crippen LogP contribution in [0.5, 0.6) is 0 Å². The molecule has 5 heteroatoms. The van der Waals surface area contributed by atoms with E-state index < -0.39 is 0 Å². The van der Waals surface area contributed by atoms with Crippen LogP contribution in [0.2, 0.25) is 0 Å². The molecule has 1 saturated carbocycles. The van der Waals surface area contributed by atoms with Crippen molar-refractivity contribution in [3.63, 3.8) is 0 Å². The van der Waals surface area contributed by atoms with Crippen molar-refractivity contribution < 1.29 is 4.79 Å². The predicted octanol–water partition coefficient (Wildman–Crippen LogP) is 6.40. The summed E-state index contributed by atoms with van der Waals surface area (Å²) in [6, 6.07) is 14.6. The molecule has 0 aliphatic heterocycles. The number of carbonyl (C=O) groups is 1. The molecule has 0 spiro atoms. The number of nitriles is 1. The first-order chi connectivity index (χ1) is 14.3. The average Bonchev–Trinajstić information content (AvgIpc) is 3.44. The lowest BCUT2D eigenvalue weighted by molar-refractivity contribution is 0.103. The monoisotopic (exact) mass is 461 g/mol. The Morgan fingerprint density at radius 3 is 2.33 bits per heavy atom. The smallest absolute Gasteiger partial charge is 0.205 e. The maximum atomic E-state index is 13.3. The van der Waals surface area contributed by atoms with Gasteiger partial charge in [-0.2, -0.15) is 5.26 Å². The fraction of sp³-hybridized carbons (Fsp3) is 0.280. The molecule has 30 heavy (non-hydrogen) atoms. The van der Waals surface area contributed by atoms with Gasteiger partial charge in [-0.05, 0) is 88.6 Å². The zero-order valence-electron chi connectivity index (χ0n) is 17.7. The molecule has 4 nitrogen and oxygen atoms in total. The Morgan fingerprint density at radius 1 is 1.07 bits per heavy atom. The van der Waals surface area contributed by atoms with Crippen LogP contribution in [-0.2, 0) is 0 Å². The number of allylic oxidation sites excluding steroid dienone is 1. The quantitative estimate of drug-likeness (QED) is 0.250. The fourth-order valence-corrected chi connectivity index (χ4v) is 4.54. The van der Waals surface area contributed by atoms with Gasteiger partial charge in [-0.25, -0.2) is 0 Å². The van der Waals surface area contributed by atoms with E-state index in [1.165, 1.54) is 18.5 Å². The van der Waals surface area contributed by atoms with Crippen LogP contribution >= 0.6 is 15.9 Å². The highest BCUT2D eigenvalue weighted by atomic mass is 79.9. The summed E-state index contributed by atoms with van der Waals surface area (Å²) < 4.78 is 5.38. The summed E-state index contributed by atoms with van der Waals surface area (Å²) in [7, 11) is 0. The number of hydrogen-bond acceptors (Lipinski definition) is 2. The molecule has 0 saturated heterocycles. The third-order valence-corrected chi connectivity index (χ3v) is 6.39. The Balaban J connectivity index is 1.73. The van der Waals surface area contributed by atoms with Gasteiger partial charge in [0.05, 0.1) is 0 Å². The van der Waals surface area contributed by atoms with E-state index in [2.05, 4.69) is 46.5 Å². The number of hydrogen-bond donors (Lipinski definition) is 0. The maximum Gasteiger partial charge on any atom is 0.205 e. The van der Waals surface area contributed by atoms with Crippen LogP contribution in [-0.4, -0.2) is 14.9 Å². The molecule has 0 atom stereocenters. The summed E-state index contributed by atoms with van der Waals surface area (Å²) in [5, 5.41) is 9.76. The molecule has 0 unspecified atom stereocenters. The van der Waals surface area contributed by atoms with E-state index in [1.54, 1.807) is 6.08 Å². The minimum absolute atomic E-state index is 0.169. The van der Waals surface area contributed by atoms with E-state index >= 15 is 0 Å². The summed E-state index contributed by atoms with van der Waals surface area (Å²) in [5.74, 6) is -0.231. The Labute approximate surface area is 185 Å². The van der Waals surface area contributed by atoms with Gasteiger partial charge in [-0.1, -0.05) is 15.9 Å². The van der Waals surface area contributed by atoms with Crippen LogP contribution < -0.4 is 0 Å². The molecule has 0 N–H and O–H groups in total. The molecule has 1 fully saturated rings. The Bertz CT molecular complexity index is 1210. The minimum atomic E-state index is -0.231. The Kier molecular flexibility index (Phi) is 5.29. The molecule has 4 rings (SSSR count). The molecule has 0 bridgehead atoms. The van der Waals surface area contributed by atoms with Gasteiger partial charge >= 0.3 is 0 Å². The van der Waals surface area contributed by atoms with Crippen molar-refractivity contribution >= 4 is 27.8 Å². The van der Waals surface area contributed by atoms with E-state index in [9.17, 15) is 10.1 Å². The van der Waals surface area contributed by atoms with Crippen molar-refractivity contribution in [1.82, 2.24) is 9.13 Å². The first-order valence-corrected chi connectivity index (χ1v) is 10.9. The first kappa shape index (κ1) is 20.4. The van der Waals surface area contributed by atoms with Crippen LogP contribution in [0.4, 0.5) is 0 Å². The van der Waals surface area contributed by atoms with Gasteiger partial charge in [-0.3, -0.25) is 4.79 Å². The second-order valence-corrected chi connectivity index (χ2v) is 8.94. The number of nitrogens with zero attached hydrogens (tertiary/aromatic N) is 3. The van der Waals surface area contributed by atoms with E-state index in [1.807, 2.05) is 48.7 Å². The molecule has 152 valence electrons.